The van der Waals surface area contributed by atoms with Gasteiger partial charge in [0, 0.05) is 25.5 Å². The molecular formula is C16H20N4O3. The van der Waals surface area contributed by atoms with Gasteiger partial charge in [-0.25, -0.2) is 4.98 Å². The van der Waals surface area contributed by atoms with Crippen molar-refractivity contribution in [2.24, 2.45) is 0 Å². The number of aryl methyl sites for hydroxylation is 1. The SMILES string of the molecule is CNC(=O)[C@@]1(C)CN(C(=O)c2cn3c(C)cccc3n2)CCO1. The predicted molar refractivity (Wildman–Crippen MR) is 84.3 cm³/mol. The van der Waals surface area contributed by atoms with Gasteiger partial charge in [0.2, 0.25) is 0 Å². The Morgan fingerprint density at radius 1 is 1.39 bits per heavy atom. The molecule has 0 aromatic carbocycles. The average Bonchev–Trinajstić information content (AvgIpc) is 2.99. The Kier molecular flexibility index (Phi) is 3.81. The summed E-state index contributed by atoms with van der Waals surface area (Å²) in [6.45, 7) is 4.62. The Morgan fingerprint density at radius 2 is 2.17 bits per heavy atom. The van der Waals surface area contributed by atoms with E-state index in [1.165, 1.54) is 0 Å². The van der Waals surface area contributed by atoms with Gasteiger partial charge in [0.25, 0.3) is 11.8 Å². The number of morpholine rings is 1. The maximum Gasteiger partial charge on any atom is 0.274 e. The molecule has 122 valence electrons. The molecule has 1 aliphatic heterocycles. The quantitative estimate of drug-likeness (QED) is 0.881. The van der Waals surface area contributed by atoms with E-state index in [1.54, 1.807) is 25.1 Å². The van der Waals surface area contributed by atoms with Crippen LogP contribution in [0, 0.1) is 6.92 Å². The number of likely N-dealkylation sites (N-methyl/N-ethyl adjacent to an activating group) is 1. The van der Waals surface area contributed by atoms with Crippen molar-refractivity contribution < 1.29 is 14.3 Å². The van der Waals surface area contributed by atoms with Crippen LogP contribution in [0.1, 0.15) is 23.1 Å². The fourth-order valence-electron chi connectivity index (χ4n) is 2.86. The van der Waals surface area contributed by atoms with Crippen LogP contribution in [0.3, 0.4) is 0 Å². The summed E-state index contributed by atoms with van der Waals surface area (Å²) in [5, 5.41) is 2.58. The number of hydrogen-bond donors (Lipinski definition) is 1. The van der Waals surface area contributed by atoms with Gasteiger partial charge < -0.3 is 19.4 Å². The number of carbonyl (C=O) groups excluding carboxylic acids is 2. The zero-order chi connectivity index (χ0) is 16.6. The minimum atomic E-state index is -1.03. The van der Waals surface area contributed by atoms with E-state index in [-0.39, 0.29) is 18.4 Å². The highest BCUT2D eigenvalue weighted by molar-refractivity contribution is 5.94. The molecule has 1 aliphatic rings. The van der Waals surface area contributed by atoms with E-state index in [0.29, 0.717) is 18.8 Å². The summed E-state index contributed by atoms with van der Waals surface area (Å²) in [5.74, 6) is -0.424. The first-order valence-corrected chi connectivity index (χ1v) is 7.55. The molecule has 1 N–H and O–H groups in total. The van der Waals surface area contributed by atoms with E-state index in [1.807, 2.05) is 29.5 Å². The second kappa shape index (κ2) is 5.66. The molecule has 2 aromatic rings. The second-order valence-corrected chi connectivity index (χ2v) is 5.91. The van der Waals surface area contributed by atoms with E-state index < -0.39 is 5.60 Å². The van der Waals surface area contributed by atoms with Gasteiger partial charge in [0.1, 0.15) is 11.3 Å². The first-order valence-electron chi connectivity index (χ1n) is 7.55. The molecule has 0 bridgehead atoms. The Bertz CT molecular complexity index is 770. The van der Waals surface area contributed by atoms with Crippen LogP contribution in [0.25, 0.3) is 5.65 Å². The molecule has 0 radical (unpaired) electrons. The van der Waals surface area contributed by atoms with Crippen LogP contribution in [-0.4, -0.2) is 58.4 Å². The Labute approximate surface area is 134 Å². The summed E-state index contributed by atoms with van der Waals surface area (Å²) in [5.41, 5.74) is 1.08. The highest BCUT2D eigenvalue weighted by Crippen LogP contribution is 2.20. The van der Waals surface area contributed by atoms with E-state index in [2.05, 4.69) is 10.3 Å². The molecule has 0 aliphatic carbocycles. The normalized spacial score (nSPS) is 21.4. The number of nitrogens with zero attached hydrogens (tertiary/aromatic N) is 3. The van der Waals surface area contributed by atoms with Crippen LogP contribution in [0.2, 0.25) is 0 Å². The van der Waals surface area contributed by atoms with Crippen molar-refractivity contribution in [2.45, 2.75) is 19.4 Å². The smallest absolute Gasteiger partial charge is 0.274 e. The van der Waals surface area contributed by atoms with Crippen molar-refractivity contribution in [3.8, 4) is 0 Å². The van der Waals surface area contributed by atoms with Gasteiger partial charge in [0.05, 0.1) is 13.2 Å². The number of ether oxygens (including phenoxy) is 1. The van der Waals surface area contributed by atoms with Crippen LogP contribution < -0.4 is 5.32 Å². The topological polar surface area (TPSA) is 75.9 Å². The third-order valence-corrected chi connectivity index (χ3v) is 4.18. The molecule has 0 spiro atoms. The zero-order valence-electron chi connectivity index (χ0n) is 13.5. The molecule has 0 saturated carbocycles. The minimum absolute atomic E-state index is 0.188. The lowest BCUT2D eigenvalue weighted by atomic mass is 10.0. The lowest BCUT2D eigenvalue weighted by molar-refractivity contribution is -0.153. The summed E-state index contributed by atoms with van der Waals surface area (Å²) in [6, 6.07) is 5.72. The van der Waals surface area contributed by atoms with E-state index in [9.17, 15) is 9.59 Å². The maximum atomic E-state index is 12.7. The first kappa shape index (κ1) is 15.5. The first-order chi connectivity index (χ1) is 10.9. The number of imidazole rings is 1. The largest absolute Gasteiger partial charge is 0.362 e. The molecule has 1 fully saturated rings. The molecule has 3 rings (SSSR count). The number of nitrogens with one attached hydrogen (secondary N) is 1. The Morgan fingerprint density at radius 3 is 2.87 bits per heavy atom. The van der Waals surface area contributed by atoms with Crippen molar-refractivity contribution in [1.82, 2.24) is 19.6 Å². The third kappa shape index (κ3) is 2.68. The molecular weight excluding hydrogens is 296 g/mol. The molecule has 1 saturated heterocycles. The molecule has 23 heavy (non-hydrogen) atoms. The molecule has 7 nitrogen and oxygen atoms in total. The van der Waals surface area contributed by atoms with Gasteiger partial charge in [-0.3, -0.25) is 9.59 Å². The van der Waals surface area contributed by atoms with Crippen LogP contribution >= 0.6 is 0 Å². The van der Waals surface area contributed by atoms with Crippen LogP contribution in [0.4, 0.5) is 0 Å². The van der Waals surface area contributed by atoms with Crippen molar-refractivity contribution in [3.05, 3.63) is 35.8 Å². The van der Waals surface area contributed by atoms with Crippen molar-refractivity contribution >= 4 is 17.5 Å². The summed E-state index contributed by atoms with van der Waals surface area (Å²) in [6.07, 6.45) is 1.74. The van der Waals surface area contributed by atoms with Crippen LogP contribution in [-0.2, 0) is 9.53 Å². The van der Waals surface area contributed by atoms with E-state index in [4.69, 9.17) is 4.74 Å². The summed E-state index contributed by atoms with van der Waals surface area (Å²) in [4.78, 5) is 30.7. The van der Waals surface area contributed by atoms with Gasteiger partial charge >= 0.3 is 0 Å². The predicted octanol–water partition coefficient (Wildman–Crippen LogP) is 0.620. The number of carbonyl (C=O) groups is 2. The Hall–Kier alpha value is -2.41. The van der Waals surface area contributed by atoms with Gasteiger partial charge in [-0.05, 0) is 26.0 Å². The summed E-state index contributed by atoms with van der Waals surface area (Å²) in [7, 11) is 1.56. The minimum Gasteiger partial charge on any atom is -0.362 e. The number of fused-ring (bicyclic) bond motifs is 1. The molecule has 2 aromatic heterocycles. The second-order valence-electron chi connectivity index (χ2n) is 5.91. The number of hydrogen-bond acceptors (Lipinski definition) is 4. The highest BCUT2D eigenvalue weighted by Gasteiger charge is 2.40. The van der Waals surface area contributed by atoms with E-state index in [0.717, 1.165) is 11.3 Å². The maximum absolute atomic E-state index is 12.7. The van der Waals surface area contributed by atoms with Crippen LogP contribution in [0.5, 0.6) is 0 Å². The molecule has 2 amide bonds. The molecule has 3 heterocycles. The van der Waals surface area contributed by atoms with Gasteiger partial charge in [0.15, 0.2) is 5.60 Å². The van der Waals surface area contributed by atoms with Crippen LogP contribution in [0.15, 0.2) is 24.4 Å². The number of aromatic nitrogens is 2. The number of pyridine rings is 1. The molecule has 0 unspecified atom stereocenters. The zero-order valence-corrected chi connectivity index (χ0v) is 13.5. The third-order valence-electron chi connectivity index (χ3n) is 4.18. The summed E-state index contributed by atoms with van der Waals surface area (Å²) >= 11 is 0. The van der Waals surface area contributed by atoms with Gasteiger partial charge in [-0.1, -0.05) is 6.07 Å². The standard InChI is InChI=1S/C16H20N4O3/c1-11-5-4-6-13-18-12(9-20(11)13)14(21)19-7-8-23-16(2,10-19)15(22)17-3/h4-6,9H,7-8,10H2,1-3H3,(H,17,22)/t16-/m1/s1. The van der Waals surface area contributed by atoms with Crippen molar-refractivity contribution in [2.75, 3.05) is 26.7 Å². The number of rotatable bonds is 2. The fourth-order valence-corrected chi connectivity index (χ4v) is 2.86. The van der Waals surface area contributed by atoms with E-state index >= 15 is 0 Å². The Balaban J connectivity index is 1.87. The highest BCUT2D eigenvalue weighted by atomic mass is 16.5. The lowest BCUT2D eigenvalue weighted by Crippen LogP contribution is -2.58. The monoisotopic (exact) mass is 316 g/mol. The van der Waals surface area contributed by atoms with Crippen molar-refractivity contribution in [3.63, 3.8) is 0 Å². The van der Waals surface area contributed by atoms with Gasteiger partial charge in [-0.15, -0.1) is 0 Å². The average molecular weight is 316 g/mol. The summed E-state index contributed by atoms with van der Waals surface area (Å²) < 4.78 is 7.46. The lowest BCUT2D eigenvalue weighted by Gasteiger charge is -2.38. The number of amides is 2. The molecule has 7 heteroatoms. The van der Waals surface area contributed by atoms with Crippen molar-refractivity contribution in [1.29, 1.82) is 0 Å². The van der Waals surface area contributed by atoms with Gasteiger partial charge in [-0.2, -0.15) is 0 Å². The fraction of sp³-hybridized carbons (Fsp3) is 0.438. The molecule has 1 atom stereocenters.